The highest BCUT2D eigenvalue weighted by molar-refractivity contribution is 5.96. The van der Waals surface area contributed by atoms with Crippen molar-refractivity contribution in [2.75, 3.05) is 13.2 Å². The Kier molecular flexibility index (Phi) is 4.36. The summed E-state index contributed by atoms with van der Waals surface area (Å²) in [7, 11) is 0. The molecule has 7 heteroatoms. The lowest BCUT2D eigenvalue weighted by Gasteiger charge is -2.43. The number of carbonyl (C=O) groups excluding carboxylic acids is 1. The summed E-state index contributed by atoms with van der Waals surface area (Å²) < 4.78 is 5.86. The minimum Gasteiger partial charge on any atom is -0.372 e. The summed E-state index contributed by atoms with van der Waals surface area (Å²) in [6, 6.07) is 5.74. The van der Waals surface area contributed by atoms with Crippen LogP contribution in [0.5, 0.6) is 0 Å². The molecular formula is C17H23N5O2. The number of morpholine rings is 1. The van der Waals surface area contributed by atoms with Gasteiger partial charge < -0.3 is 9.64 Å². The molecule has 3 rings (SSSR count). The van der Waals surface area contributed by atoms with Crippen LogP contribution in [0.3, 0.4) is 0 Å². The molecule has 1 atom stereocenters. The number of hydrogen-bond donors (Lipinski definition) is 1. The number of aromatic amines is 1. The van der Waals surface area contributed by atoms with Gasteiger partial charge in [0.2, 0.25) is 5.82 Å². The largest absolute Gasteiger partial charge is 0.372 e. The number of carbonyl (C=O) groups is 1. The van der Waals surface area contributed by atoms with Gasteiger partial charge in [-0.1, -0.05) is 13.0 Å². The third-order valence-electron chi connectivity index (χ3n) is 4.45. The molecule has 0 radical (unpaired) electrons. The Labute approximate surface area is 141 Å². The van der Waals surface area contributed by atoms with Gasteiger partial charge in [-0.05, 0) is 50.1 Å². The highest BCUT2D eigenvalue weighted by Crippen LogP contribution is 2.26. The molecule has 1 aromatic heterocycles. The van der Waals surface area contributed by atoms with Gasteiger partial charge in [0.25, 0.3) is 5.91 Å². The van der Waals surface area contributed by atoms with Crippen molar-refractivity contribution >= 4 is 5.91 Å². The summed E-state index contributed by atoms with van der Waals surface area (Å²) in [5, 5.41) is 14.0. The van der Waals surface area contributed by atoms with Crippen molar-refractivity contribution in [3.63, 3.8) is 0 Å². The smallest absolute Gasteiger partial charge is 0.254 e. The van der Waals surface area contributed by atoms with E-state index >= 15 is 0 Å². The molecule has 0 aliphatic carbocycles. The Hall–Kier alpha value is -2.28. The highest BCUT2D eigenvalue weighted by Gasteiger charge is 2.36. The fourth-order valence-corrected chi connectivity index (χ4v) is 3.05. The van der Waals surface area contributed by atoms with Crippen LogP contribution in [0, 0.1) is 6.92 Å². The molecular weight excluding hydrogens is 306 g/mol. The molecule has 7 nitrogen and oxygen atoms in total. The average molecular weight is 329 g/mol. The Balaban J connectivity index is 1.88. The molecule has 0 saturated carbocycles. The van der Waals surface area contributed by atoms with Gasteiger partial charge in [-0.2, -0.15) is 5.21 Å². The zero-order valence-corrected chi connectivity index (χ0v) is 14.5. The third-order valence-corrected chi connectivity index (χ3v) is 4.45. The fraction of sp³-hybridized carbons (Fsp3) is 0.529. The molecule has 1 aromatic carbocycles. The standard InChI is InChI=1S/C17H23N5O2/c1-5-13-9-24-17(3,4)10-22(13)16(23)14-7-6-12(8-11(14)2)15-18-20-21-19-15/h6-8,13H,5,9-10H2,1-4H3,(H,18,19,20,21). The second kappa shape index (κ2) is 6.32. The highest BCUT2D eigenvalue weighted by atomic mass is 16.5. The molecule has 1 aliphatic rings. The lowest BCUT2D eigenvalue weighted by molar-refractivity contribution is -0.102. The lowest BCUT2D eigenvalue weighted by Crippen LogP contribution is -2.56. The van der Waals surface area contributed by atoms with Gasteiger partial charge in [0, 0.05) is 17.7 Å². The number of aromatic nitrogens is 4. The SMILES string of the molecule is CCC1COC(C)(C)CN1C(=O)c1ccc(-c2nn[nH]n2)cc1C. The fourth-order valence-electron chi connectivity index (χ4n) is 3.05. The van der Waals surface area contributed by atoms with E-state index in [1.807, 2.05) is 43.9 Å². The van der Waals surface area contributed by atoms with Gasteiger partial charge in [-0.3, -0.25) is 4.79 Å². The first-order valence-corrected chi connectivity index (χ1v) is 8.20. The number of ether oxygens (including phenoxy) is 1. The molecule has 1 saturated heterocycles. The van der Waals surface area contributed by atoms with Crippen molar-refractivity contribution in [3.8, 4) is 11.4 Å². The number of tetrazole rings is 1. The van der Waals surface area contributed by atoms with Crippen LogP contribution in [0.2, 0.25) is 0 Å². The zero-order valence-electron chi connectivity index (χ0n) is 14.5. The van der Waals surface area contributed by atoms with Gasteiger partial charge in [0.05, 0.1) is 18.2 Å². The van der Waals surface area contributed by atoms with Crippen LogP contribution in [-0.2, 0) is 4.74 Å². The van der Waals surface area contributed by atoms with Crippen molar-refractivity contribution in [1.29, 1.82) is 0 Å². The predicted molar refractivity (Wildman–Crippen MR) is 89.5 cm³/mol. The molecule has 1 aliphatic heterocycles. The number of amides is 1. The van der Waals surface area contributed by atoms with Crippen molar-refractivity contribution in [2.45, 2.75) is 45.8 Å². The minimum atomic E-state index is -0.320. The lowest BCUT2D eigenvalue weighted by atomic mass is 9.99. The van der Waals surface area contributed by atoms with E-state index in [1.165, 1.54) is 0 Å². The van der Waals surface area contributed by atoms with E-state index in [-0.39, 0.29) is 17.6 Å². The van der Waals surface area contributed by atoms with E-state index in [9.17, 15) is 4.79 Å². The summed E-state index contributed by atoms with van der Waals surface area (Å²) in [6.07, 6.45) is 0.877. The monoisotopic (exact) mass is 329 g/mol. The Morgan fingerprint density at radius 2 is 2.25 bits per heavy atom. The molecule has 1 fully saturated rings. The number of benzene rings is 1. The maximum atomic E-state index is 13.1. The van der Waals surface area contributed by atoms with E-state index in [0.29, 0.717) is 24.5 Å². The van der Waals surface area contributed by atoms with Gasteiger partial charge in [0.1, 0.15) is 0 Å². The van der Waals surface area contributed by atoms with E-state index in [1.54, 1.807) is 0 Å². The molecule has 0 spiro atoms. The van der Waals surface area contributed by atoms with E-state index < -0.39 is 0 Å². The Morgan fingerprint density at radius 3 is 2.88 bits per heavy atom. The second-order valence-corrected chi connectivity index (χ2v) is 6.83. The topological polar surface area (TPSA) is 84.0 Å². The number of hydrogen-bond acceptors (Lipinski definition) is 5. The first kappa shape index (κ1) is 16.6. The van der Waals surface area contributed by atoms with Crippen LogP contribution in [0.4, 0.5) is 0 Å². The van der Waals surface area contributed by atoms with Gasteiger partial charge in [0.15, 0.2) is 0 Å². The average Bonchev–Trinajstić information content (AvgIpc) is 3.08. The summed E-state index contributed by atoms with van der Waals surface area (Å²) in [6.45, 7) is 9.23. The summed E-state index contributed by atoms with van der Waals surface area (Å²) in [5.41, 5.74) is 2.13. The molecule has 0 bridgehead atoms. The van der Waals surface area contributed by atoms with Crippen molar-refractivity contribution in [1.82, 2.24) is 25.5 Å². The Morgan fingerprint density at radius 1 is 1.46 bits per heavy atom. The van der Waals surface area contributed by atoms with Crippen LogP contribution in [0.1, 0.15) is 43.1 Å². The van der Waals surface area contributed by atoms with Crippen LogP contribution in [0.25, 0.3) is 11.4 Å². The van der Waals surface area contributed by atoms with Crippen LogP contribution in [-0.4, -0.2) is 56.2 Å². The molecule has 1 amide bonds. The predicted octanol–water partition coefficient (Wildman–Crippen LogP) is 2.20. The summed E-state index contributed by atoms with van der Waals surface area (Å²) in [5.74, 6) is 0.575. The van der Waals surface area contributed by atoms with Gasteiger partial charge >= 0.3 is 0 Å². The van der Waals surface area contributed by atoms with Crippen LogP contribution >= 0.6 is 0 Å². The van der Waals surface area contributed by atoms with Crippen molar-refractivity contribution in [2.24, 2.45) is 0 Å². The molecule has 24 heavy (non-hydrogen) atoms. The van der Waals surface area contributed by atoms with Gasteiger partial charge in [-0.15, -0.1) is 10.2 Å². The van der Waals surface area contributed by atoms with E-state index in [4.69, 9.17) is 4.74 Å². The molecule has 128 valence electrons. The number of H-pyrrole nitrogens is 1. The number of nitrogens with zero attached hydrogens (tertiary/aromatic N) is 4. The number of aryl methyl sites for hydroxylation is 1. The summed E-state index contributed by atoms with van der Waals surface area (Å²) >= 11 is 0. The van der Waals surface area contributed by atoms with E-state index in [0.717, 1.165) is 17.5 Å². The first-order chi connectivity index (χ1) is 11.4. The zero-order chi connectivity index (χ0) is 17.3. The third kappa shape index (κ3) is 3.17. The van der Waals surface area contributed by atoms with Gasteiger partial charge in [-0.25, -0.2) is 0 Å². The number of nitrogens with one attached hydrogen (secondary N) is 1. The summed E-state index contributed by atoms with van der Waals surface area (Å²) in [4.78, 5) is 15.0. The second-order valence-electron chi connectivity index (χ2n) is 6.83. The van der Waals surface area contributed by atoms with Crippen molar-refractivity contribution in [3.05, 3.63) is 29.3 Å². The van der Waals surface area contributed by atoms with Crippen molar-refractivity contribution < 1.29 is 9.53 Å². The molecule has 2 heterocycles. The normalized spacial score (nSPS) is 20.2. The Bertz CT molecular complexity index is 727. The maximum Gasteiger partial charge on any atom is 0.254 e. The molecule has 1 unspecified atom stereocenters. The van der Waals surface area contributed by atoms with Crippen LogP contribution < -0.4 is 0 Å². The molecule has 1 N–H and O–H groups in total. The van der Waals surface area contributed by atoms with Crippen LogP contribution in [0.15, 0.2) is 18.2 Å². The molecule has 2 aromatic rings. The van der Waals surface area contributed by atoms with E-state index in [2.05, 4.69) is 27.5 Å². The quantitative estimate of drug-likeness (QED) is 0.933. The minimum absolute atomic E-state index is 0.0513. The number of rotatable bonds is 3. The first-order valence-electron chi connectivity index (χ1n) is 8.20. The maximum absolute atomic E-state index is 13.1.